The first-order chi connectivity index (χ1) is 10.2. The summed E-state index contributed by atoms with van der Waals surface area (Å²) in [6.07, 6.45) is 1.60. The SMILES string of the molecule is CC(C)c1cc(-c2nn3c(-c4ccco4)nnc3s2)n[nH]1. The van der Waals surface area contributed by atoms with Crippen LogP contribution < -0.4 is 0 Å². The number of hydrogen-bond acceptors (Lipinski definition) is 6. The molecule has 0 aromatic carbocycles. The van der Waals surface area contributed by atoms with Crippen LogP contribution in [0, 0.1) is 0 Å². The van der Waals surface area contributed by atoms with E-state index >= 15 is 0 Å². The number of nitrogens with one attached hydrogen (secondary N) is 1. The van der Waals surface area contributed by atoms with Crippen LogP contribution in [0.25, 0.3) is 27.2 Å². The lowest BCUT2D eigenvalue weighted by Gasteiger charge is -1.96. The van der Waals surface area contributed by atoms with Crippen LogP contribution in [0.2, 0.25) is 0 Å². The molecule has 4 aromatic rings. The third-order valence-corrected chi connectivity index (χ3v) is 4.09. The Kier molecular flexibility index (Phi) is 2.64. The van der Waals surface area contributed by atoms with Gasteiger partial charge in [-0.05, 0) is 24.1 Å². The second-order valence-corrected chi connectivity index (χ2v) is 5.92. The summed E-state index contributed by atoms with van der Waals surface area (Å²) in [5.41, 5.74) is 1.90. The van der Waals surface area contributed by atoms with Crippen LogP contribution in [0.3, 0.4) is 0 Å². The monoisotopic (exact) mass is 300 g/mol. The molecule has 0 aliphatic rings. The van der Waals surface area contributed by atoms with Gasteiger partial charge in [0.25, 0.3) is 0 Å². The highest BCUT2D eigenvalue weighted by atomic mass is 32.1. The molecule has 0 fully saturated rings. The average Bonchev–Trinajstić information content (AvgIpc) is 3.21. The second kappa shape index (κ2) is 4.52. The lowest BCUT2D eigenvalue weighted by Crippen LogP contribution is -1.89. The molecule has 0 aliphatic carbocycles. The lowest BCUT2D eigenvalue weighted by molar-refractivity contribution is 0.575. The van der Waals surface area contributed by atoms with Crippen LogP contribution >= 0.6 is 11.3 Å². The van der Waals surface area contributed by atoms with E-state index < -0.39 is 0 Å². The first-order valence-corrected chi connectivity index (χ1v) is 7.36. The molecule has 0 radical (unpaired) electrons. The van der Waals surface area contributed by atoms with Crippen molar-refractivity contribution in [1.82, 2.24) is 30.0 Å². The third kappa shape index (κ3) is 1.95. The minimum absolute atomic E-state index is 0.399. The summed E-state index contributed by atoms with van der Waals surface area (Å²) in [6, 6.07) is 5.66. The summed E-state index contributed by atoms with van der Waals surface area (Å²) in [6.45, 7) is 4.23. The summed E-state index contributed by atoms with van der Waals surface area (Å²) in [5, 5.41) is 20.9. The highest BCUT2D eigenvalue weighted by molar-refractivity contribution is 7.19. The van der Waals surface area contributed by atoms with E-state index in [1.54, 1.807) is 10.8 Å². The smallest absolute Gasteiger partial charge is 0.235 e. The molecule has 8 heteroatoms. The number of rotatable bonds is 3. The van der Waals surface area contributed by atoms with Gasteiger partial charge in [-0.15, -0.1) is 10.2 Å². The van der Waals surface area contributed by atoms with Crippen LogP contribution in [-0.4, -0.2) is 30.0 Å². The lowest BCUT2D eigenvalue weighted by atomic mass is 10.1. The van der Waals surface area contributed by atoms with Crippen molar-refractivity contribution in [2.45, 2.75) is 19.8 Å². The minimum atomic E-state index is 0.399. The molecule has 21 heavy (non-hydrogen) atoms. The van der Waals surface area contributed by atoms with Crippen LogP contribution in [-0.2, 0) is 0 Å². The Labute approximate surface area is 123 Å². The summed E-state index contributed by atoms with van der Waals surface area (Å²) < 4.78 is 7.04. The van der Waals surface area contributed by atoms with Gasteiger partial charge < -0.3 is 4.42 Å². The van der Waals surface area contributed by atoms with Gasteiger partial charge in [0.05, 0.1) is 6.26 Å². The predicted molar refractivity (Wildman–Crippen MR) is 78.0 cm³/mol. The van der Waals surface area contributed by atoms with E-state index in [1.807, 2.05) is 18.2 Å². The molecule has 1 N–H and O–H groups in total. The Morgan fingerprint density at radius 2 is 2.24 bits per heavy atom. The van der Waals surface area contributed by atoms with Crippen molar-refractivity contribution in [3.8, 4) is 22.3 Å². The molecule has 0 unspecified atom stereocenters. The van der Waals surface area contributed by atoms with Gasteiger partial charge in [0.2, 0.25) is 10.8 Å². The van der Waals surface area contributed by atoms with Gasteiger partial charge in [-0.25, -0.2) is 0 Å². The molecule has 7 nitrogen and oxygen atoms in total. The Morgan fingerprint density at radius 1 is 1.33 bits per heavy atom. The highest BCUT2D eigenvalue weighted by Gasteiger charge is 2.17. The van der Waals surface area contributed by atoms with Crippen LogP contribution in [0.15, 0.2) is 28.9 Å². The molecule has 0 atom stereocenters. The molecule has 0 saturated heterocycles. The largest absolute Gasteiger partial charge is 0.461 e. The van der Waals surface area contributed by atoms with Crippen molar-refractivity contribution in [3.63, 3.8) is 0 Å². The molecular weight excluding hydrogens is 288 g/mol. The van der Waals surface area contributed by atoms with E-state index in [2.05, 4.69) is 39.3 Å². The summed E-state index contributed by atoms with van der Waals surface area (Å²) >= 11 is 1.45. The molecule has 0 amide bonds. The number of fused-ring (bicyclic) bond motifs is 1. The number of aromatic nitrogens is 6. The number of nitrogens with zero attached hydrogens (tertiary/aromatic N) is 5. The van der Waals surface area contributed by atoms with Gasteiger partial charge in [0.1, 0.15) is 5.69 Å². The minimum Gasteiger partial charge on any atom is -0.461 e. The second-order valence-electron chi connectivity index (χ2n) is 4.97. The highest BCUT2D eigenvalue weighted by Crippen LogP contribution is 2.28. The van der Waals surface area contributed by atoms with Gasteiger partial charge in [0, 0.05) is 5.69 Å². The quantitative estimate of drug-likeness (QED) is 0.628. The molecule has 106 valence electrons. The van der Waals surface area contributed by atoms with E-state index in [-0.39, 0.29) is 0 Å². The normalized spacial score (nSPS) is 11.8. The van der Waals surface area contributed by atoms with E-state index in [0.29, 0.717) is 22.5 Å². The molecule has 4 aromatic heterocycles. The average molecular weight is 300 g/mol. The topological polar surface area (TPSA) is 84.9 Å². The Balaban J connectivity index is 1.80. The first-order valence-electron chi connectivity index (χ1n) is 6.54. The fraction of sp³-hybridized carbons (Fsp3) is 0.231. The molecular formula is C13H12N6OS. The molecule has 0 spiro atoms. The van der Waals surface area contributed by atoms with E-state index in [1.165, 1.54) is 11.3 Å². The predicted octanol–water partition coefficient (Wildman–Crippen LogP) is 2.96. The number of furan rings is 1. The maximum absolute atomic E-state index is 5.36. The third-order valence-electron chi connectivity index (χ3n) is 3.17. The van der Waals surface area contributed by atoms with E-state index in [9.17, 15) is 0 Å². The maximum atomic E-state index is 5.36. The number of aromatic amines is 1. The first kappa shape index (κ1) is 12.3. The molecule has 0 aliphatic heterocycles. The standard InChI is InChI=1S/C13H12N6OS/c1-7(2)8-6-9(15-14-8)12-18-19-11(10-4-3-5-20-10)16-17-13(19)21-12/h3-7H,1-2H3,(H,14,15). The number of H-pyrrole nitrogens is 1. The van der Waals surface area contributed by atoms with Gasteiger partial charge in [-0.3, -0.25) is 5.10 Å². The van der Waals surface area contributed by atoms with Crippen molar-refractivity contribution in [3.05, 3.63) is 30.2 Å². The summed E-state index contributed by atoms with van der Waals surface area (Å²) in [4.78, 5) is 0.713. The molecule has 4 rings (SSSR count). The molecule has 0 bridgehead atoms. The zero-order valence-corrected chi connectivity index (χ0v) is 12.3. The van der Waals surface area contributed by atoms with E-state index in [4.69, 9.17) is 4.42 Å². The molecule has 4 heterocycles. The van der Waals surface area contributed by atoms with Crippen LogP contribution in [0.1, 0.15) is 25.5 Å². The summed E-state index contributed by atoms with van der Waals surface area (Å²) in [5.74, 6) is 1.64. The van der Waals surface area contributed by atoms with Gasteiger partial charge in [-0.1, -0.05) is 25.2 Å². The Hall–Kier alpha value is -2.48. The Morgan fingerprint density at radius 3 is 2.95 bits per heavy atom. The van der Waals surface area contributed by atoms with Crippen molar-refractivity contribution in [2.24, 2.45) is 0 Å². The summed E-state index contributed by atoms with van der Waals surface area (Å²) in [7, 11) is 0. The van der Waals surface area contributed by atoms with Crippen molar-refractivity contribution in [2.75, 3.05) is 0 Å². The molecule has 0 saturated carbocycles. The van der Waals surface area contributed by atoms with Crippen molar-refractivity contribution >= 4 is 16.3 Å². The van der Waals surface area contributed by atoms with Crippen LogP contribution in [0.5, 0.6) is 0 Å². The zero-order chi connectivity index (χ0) is 14.4. The maximum Gasteiger partial charge on any atom is 0.235 e. The Bertz CT molecular complexity index is 885. The van der Waals surface area contributed by atoms with Crippen molar-refractivity contribution < 1.29 is 4.42 Å². The van der Waals surface area contributed by atoms with Gasteiger partial charge in [0.15, 0.2) is 10.8 Å². The van der Waals surface area contributed by atoms with Gasteiger partial charge >= 0.3 is 0 Å². The fourth-order valence-corrected chi connectivity index (χ4v) is 2.82. The van der Waals surface area contributed by atoms with Crippen LogP contribution in [0.4, 0.5) is 0 Å². The van der Waals surface area contributed by atoms with E-state index in [0.717, 1.165) is 16.4 Å². The number of hydrogen-bond donors (Lipinski definition) is 1. The fourth-order valence-electron chi connectivity index (χ4n) is 2.02. The zero-order valence-electron chi connectivity index (χ0n) is 11.4. The van der Waals surface area contributed by atoms with Gasteiger partial charge in [-0.2, -0.15) is 14.7 Å². The van der Waals surface area contributed by atoms with Crippen molar-refractivity contribution in [1.29, 1.82) is 0 Å².